The van der Waals surface area contributed by atoms with E-state index in [0.29, 0.717) is 12.3 Å². The van der Waals surface area contributed by atoms with Crippen LogP contribution in [0.2, 0.25) is 0 Å². The molecule has 1 aromatic rings. The van der Waals surface area contributed by atoms with E-state index in [4.69, 9.17) is 4.74 Å². The van der Waals surface area contributed by atoms with Gasteiger partial charge in [0.05, 0.1) is 6.54 Å². The van der Waals surface area contributed by atoms with Crippen LogP contribution in [0.25, 0.3) is 0 Å². The first-order chi connectivity index (χ1) is 10.5. The standard InChI is InChI=1S/C15H22FN3O3/c1-3-7-17-14(20)11(2)19-15(21)18-8-9-22-13-6-4-5-12(16)10-13/h4-6,10-11H,3,7-9H2,1-2H3,(H,17,20)(H2,18,19,21)/t11-/m0/s1. The van der Waals surface area contributed by atoms with Crippen molar-refractivity contribution in [2.75, 3.05) is 19.7 Å². The van der Waals surface area contributed by atoms with E-state index in [0.717, 1.165) is 6.42 Å². The fourth-order valence-corrected chi connectivity index (χ4v) is 1.60. The molecule has 3 amide bonds. The average Bonchev–Trinajstić information content (AvgIpc) is 2.49. The monoisotopic (exact) mass is 311 g/mol. The number of carbonyl (C=O) groups excluding carboxylic acids is 2. The highest BCUT2D eigenvalue weighted by molar-refractivity contribution is 5.86. The topological polar surface area (TPSA) is 79.5 Å². The van der Waals surface area contributed by atoms with E-state index in [1.54, 1.807) is 19.1 Å². The van der Waals surface area contributed by atoms with Gasteiger partial charge in [0.15, 0.2) is 0 Å². The number of hydrogen-bond donors (Lipinski definition) is 3. The zero-order chi connectivity index (χ0) is 16.4. The largest absolute Gasteiger partial charge is 0.492 e. The Morgan fingerprint density at radius 3 is 2.73 bits per heavy atom. The number of urea groups is 1. The van der Waals surface area contributed by atoms with Crippen LogP contribution in [0.3, 0.4) is 0 Å². The number of amides is 3. The lowest BCUT2D eigenvalue weighted by molar-refractivity contribution is -0.122. The van der Waals surface area contributed by atoms with Crippen molar-refractivity contribution < 1.29 is 18.7 Å². The molecule has 0 aliphatic heterocycles. The van der Waals surface area contributed by atoms with E-state index >= 15 is 0 Å². The van der Waals surface area contributed by atoms with Gasteiger partial charge in [-0.2, -0.15) is 0 Å². The van der Waals surface area contributed by atoms with Crippen LogP contribution in [-0.2, 0) is 4.79 Å². The third-order valence-electron chi connectivity index (χ3n) is 2.74. The Labute approximate surface area is 129 Å². The van der Waals surface area contributed by atoms with Gasteiger partial charge >= 0.3 is 6.03 Å². The summed E-state index contributed by atoms with van der Waals surface area (Å²) in [5.41, 5.74) is 0. The van der Waals surface area contributed by atoms with Crippen LogP contribution in [0, 0.1) is 5.82 Å². The molecule has 1 aromatic carbocycles. The van der Waals surface area contributed by atoms with Crippen molar-refractivity contribution in [2.45, 2.75) is 26.3 Å². The number of halogens is 1. The maximum absolute atomic E-state index is 12.9. The van der Waals surface area contributed by atoms with E-state index in [-0.39, 0.29) is 24.9 Å². The summed E-state index contributed by atoms with van der Waals surface area (Å²) in [4.78, 5) is 23.1. The Kier molecular flexibility index (Phi) is 7.74. The molecular weight excluding hydrogens is 289 g/mol. The second kappa shape index (κ2) is 9.59. The fourth-order valence-electron chi connectivity index (χ4n) is 1.60. The molecule has 6 nitrogen and oxygen atoms in total. The van der Waals surface area contributed by atoms with Crippen molar-refractivity contribution in [3.8, 4) is 5.75 Å². The van der Waals surface area contributed by atoms with Crippen molar-refractivity contribution in [3.05, 3.63) is 30.1 Å². The van der Waals surface area contributed by atoms with Gasteiger partial charge in [-0.3, -0.25) is 4.79 Å². The second-order valence-electron chi connectivity index (χ2n) is 4.72. The van der Waals surface area contributed by atoms with Crippen molar-refractivity contribution in [3.63, 3.8) is 0 Å². The average molecular weight is 311 g/mol. The van der Waals surface area contributed by atoms with E-state index in [9.17, 15) is 14.0 Å². The van der Waals surface area contributed by atoms with Crippen LogP contribution in [-0.4, -0.2) is 37.7 Å². The Morgan fingerprint density at radius 2 is 2.05 bits per heavy atom. The number of hydrogen-bond acceptors (Lipinski definition) is 3. The Hall–Kier alpha value is -2.31. The quantitative estimate of drug-likeness (QED) is 0.635. The molecule has 0 saturated carbocycles. The molecule has 0 aromatic heterocycles. The summed E-state index contributed by atoms with van der Waals surface area (Å²) in [5, 5.41) is 7.77. The SMILES string of the molecule is CCCNC(=O)[C@H](C)NC(=O)NCCOc1cccc(F)c1. The van der Waals surface area contributed by atoms with Gasteiger partial charge in [-0.15, -0.1) is 0 Å². The first-order valence-corrected chi connectivity index (χ1v) is 7.23. The molecule has 0 heterocycles. The van der Waals surface area contributed by atoms with Crippen LogP contribution in [0.4, 0.5) is 9.18 Å². The smallest absolute Gasteiger partial charge is 0.315 e. The number of nitrogens with one attached hydrogen (secondary N) is 3. The molecule has 7 heteroatoms. The number of ether oxygens (including phenoxy) is 1. The summed E-state index contributed by atoms with van der Waals surface area (Å²) < 4.78 is 18.2. The summed E-state index contributed by atoms with van der Waals surface area (Å²) in [5.74, 6) is -0.211. The van der Waals surface area contributed by atoms with Crippen molar-refractivity contribution >= 4 is 11.9 Å². The summed E-state index contributed by atoms with van der Waals surface area (Å²) in [6.45, 7) is 4.57. The summed E-state index contributed by atoms with van der Waals surface area (Å²) in [6.07, 6.45) is 0.835. The number of benzene rings is 1. The highest BCUT2D eigenvalue weighted by Gasteiger charge is 2.14. The molecule has 0 saturated heterocycles. The zero-order valence-corrected chi connectivity index (χ0v) is 12.8. The van der Waals surface area contributed by atoms with Gasteiger partial charge in [-0.25, -0.2) is 9.18 Å². The predicted octanol–water partition coefficient (Wildman–Crippen LogP) is 1.42. The molecule has 0 bridgehead atoms. The van der Waals surface area contributed by atoms with Crippen LogP contribution in [0.1, 0.15) is 20.3 Å². The zero-order valence-electron chi connectivity index (χ0n) is 12.8. The Morgan fingerprint density at radius 1 is 1.27 bits per heavy atom. The molecule has 0 unspecified atom stereocenters. The molecule has 0 aliphatic rings. The molecule has 0 spiro atoms. The van der Waals surface area contributed by atoms with Gasteiger partial charge in [0.1, 0.15) is 24.2 Å². The summed E-state index contributed by atoms with van der Waals surface area (Å²) in [6, 6.07) is 4.69. The molecule has 22 heavy (non-hydrogen) atoms. The number of rotatable bonds is 8. The van der Waals surface area contributed by atoms with E-state index < -0.39 is 12.1 Å². The highest BCUT2D eigenvalue weighted by Crippen LogP contribution is 2.11. The van der Waals surface area contributed by atoms with Gasteiger partial charge in [-0.1, -0.05) is 13.0 Å². The predicted molar refractivity (Wildman–Crippen MR) is 81.2 cm³/mol. The highest BCUT2D eigenvalue weighted by atomic mass is 19.1. The van der Waals surface area contributed by atoms with Crippen LogP contribution < -0.4 is 20.7 Å². The molecule has 1 rings (SSSR count). The molecule has 1 atom stereocenters. The molecule has 0 radical (unpaired) electrons. The lowest BCUT2D eigenvalue weighted by atomic mass is 10.3. The van der Waals surface area contributed by atoms with E-state index in [2.05, 4.69) is 16.0 Å². The third kappa shape index (κ3) is 6.92. The molecule has 3 N–H and O–H groups in total. The van der Waals surface area contributed by atoms with Gasteiger partial charge in [0, 0.05) is 12.6 Å². The second-order valence-corrected chi connectivity index (χ2v) is 4.72. The fraction of sp³-hybridized carbons (Fsp3) is 0.467. The minimum Gasteiger partial charge on any atom is -0.492 e. The lowest BCUT2D eigenvalue weighted by Gasteiger charge is -2.14. The first kappa shape index (κ1) is 17.7. The maximum atomic E-state index is 12.9. The van der Waals surface area contributed by atoms with Crippen LogP contribution >= 0.6 is 0 Å². The van der Waals surface area contributed by atoms with Crippen LogP contribution in [0.15, 0.2) is 24.3 Å². The number of carbonyl (C=O) groups is 2. The van der Waals surface area contributed by atoms with Gasteiger partial charge in [0.25, 0.3) is 0 Å². The lowest BCUT2D eigenvalue weighted by Crippen LogP contribution is -2.49. The van der Waals surface area contributed by atoms with Gasteiger partial charge in [0.2, 0.25) is 5.91 Å². The van der Waals surface area contributed by atoms with E-state index in [1.807, 2.05) is 6.92 Å². The minimum absolute atomic E-state index is 0.202. The normalized spacial score (nSPS) is 11.4. The van der Waals surface area contributed by atoms with E-state index in [1.165, 1.54) is 12.1 Å². The minimum atomic E-state index is -0.615. The first-order valence-electron chi connectivity index (χ1n) is 7.23. The van der Waals surface area contributed by atoms with Crippen molar-refractivity contribution in [1.82, 2.24) is 16.0 Å². The third-order valence-corrected chi connectivity index (χ3v) is 2.74. The molecular formula is C15H22FN3O3. The van der Waals surface area contributed by atoms with Crippen molar-refractivity contribution in [1.29, 1.82) is 0 Å². The Balaban J connectivity index is 2.19. The van der Waals surface area contributed by atoms with Gasteiger partial charge < -0.3 is 20.7 Å². The molecule has 0 fully saturated rings. The van der Waals surface area contributed by atoms with Gasteiger partial charge in [-0.05, 0) is 25.5 Å². The maximum Gasteiger partial charge on any atom is 0.315 e. The summed E-state index contributed by atoms with van der Waals surface area (Å²) in [7, 11) is 0. The summed E-state index contributed by atoms with van der Waals surface area (Å²) >= 11 is 0. The molecule has 122 valence electrons. The van der Waals surface area contributed by atoms with Crippen LogP contribution in [0.5, 0.6) is 5.75 Å². The Bertz CT molecular complexity index is 497. The van der Waals surface area contributed by atoms with Crippen molar-refractivity contribution in [2.24, 2.45) is 0 Å². The molecule has 0 aliphatic carbocycles.